The summed E-state index contributed by atoms with van der Waals surface area (Å²) in [6, 6.07) is 8.98. The first-order valence-corrected chi connectivity index (χ1v) is 7.33. The maximum Gasteiger partial charge on any atom is 0.308 e. The van der Waals surface area contributed by atoms with Crippen LogP contribution in [0.5, 0.6) is 0 Å². The minimum atomic E-state index is -0.890. The van der Waals surface area contributed by atoms with E-state index in [1.165, 1.54) is 17.0 Å². The number of hydrogen-bond acceptors (Lipinski definition) is 3. The topological polar surface area (TPSA) is 70.8 Å². The second-order valence-corrected chi connectivity index (χ2v) is 5.80. The van der Waals surface area contributed by atoms with E-state index in [4.69, 9.17) is 9.52 Å². The summed E-state index contributed by atoms with van der Waals surface area (Å²) in [5.74, 6) is -1.58. The van der Waals surface area contributed by atoms with Gasteiger partial charge in [0.1, 0.15) is 11.6 Å². The molecule has 5 nitrogen and oxygen atoms in total. The van der Waals surface area contributed by atoms with Gasteiger partial charge in [-0.3, -0.25) is 9.59 Å². The molecule has 0 aliphatic carbocycles. The van der Waals surface area contributed by atoms with Crippen molar-refractivity contribution >= 4 is 11.9 Å². The van der Waals surface area contributed by atoms with Crippen molar-refractivity contribution in [2.75, 3.05) is 13.1 Å². The molecule has 1 aromatic carbocycles. The summed E-state index contributed by atoms with van der Waals surface area (Å²) in [5, 5.41) is 9.14. The first-order chi connectivity index (χ1) is 11.0. The number of benzene rings is 1. The summed E-state index contributed by atoms with van der Waals surface area (Å²) in [4.78, 5) is 25.1. The number of furan rings is 1. The predicted molar refractivity (Wildman–Crippen MR) is 80.3 cm³/mol. The molecule has 1 saturated heterocycles. The van der Waals surface area contributed by atoms with Gasteiger partial charge < -0.3 is 14.4 Å². The van der Waals surface area contributed by atoms with Gasteiger partial charge in [0.05, 0.1) is 5.92 Å². The smallest absolute Gasteiger partial charge is 0.308 e. The first kappa shape index (κ1) is 15.3. The molecule has 3 rings (SSSR count). The van der Waals surface area contributed by atoms with E-state index in [1.807, 2.05) is 6.92 Å². The van der Waals surface area contributed by atoms with Crippen LogP contribution in [0.25, 0.3) is 11.3 Å². The van der Waals surface area contributed by atoms with E-state index in [2.05, 4.69) is 0 Å². The summed E-state index contributed by atoms with van der Waals surface area (Å²) < 4.78 is 18.5. The van der Waals surface area contributed by atoms with Gasteiger partial charge in [-0.15, -0.1) is 0 Å². The number of hydrogen-bond donors (Lipinski definition) is 1. The van der Waals surface area contributed by atoms with Crippen molar-refractivity contribution in [2.24, 2.45) is 11.8 Å². The quantitative estimate of drug-likeness (QED) is 0.945. The highest BCUT2D eigenvalue weighted by Crippen LogP contribution is 2.27. The van der Waals surface area contributed by atoms with E-state index in [0.29, 0.717) is 17.9 Å². The summed E-state index contributed by atoms with van der Waals surface area (Å²) in [6.45, 7) is 2.39. The molecule has 1 amide bonds. The number of carboxylic acids is 1. The zero-order valence-electron chi connectivity index (χ0n) is 12.5. The predicted octanol–water partition coefficient (Wildman–Crippen LogP) is 2.88. The van der Waals surface area contributed by atoms with Gasteiger partial charge in [0, 0.05) is 18.7 Å². The number of rotatable bonds is 3. The van der Waals surface area contributed by atoms with Crippen molar-refractivity contribution < 1.29 is 23.5 Å². The van der Waals surface area contributed by atoms with Crippen LogP contribution >= 0.6 is 0 Å². The Balaban J connectivity index is 1.77. The summed E-state index contributed by atoms with van der Waals surface area (Å²) in [5.41, 5.74) is 0.670. The van der Waals surface area contributed by atoms with Crippen LogP contribution in [-0.4, -0.2) is 35.0 Å². The van der Waals surface area contributed by atoms with Crippen LogP contribution in [0.15, 0.2) is 40.8 Å². The third-order valence-corrected chi connectivity index (χ3v) is 4.16. The Labute approximate surface area is 132 Å². The van der Waals surface area contributed by atoms with E-state index >= 15 is 0 Å². The van der Waals surface area contributed by atoms with E-state index < -0.39 is 11.9 Å². The van der Waals surface area contributed by atoms with Crippen molar-refractivity contribution in [3.8, 4) is 11.3 Å². The molecule has 2 atom stereocenters. The fraction of sp³-hybridized carbons (Fsp3) is 0.294. The lowest BCUT2D eigenvalue weighted by Crippen LogP contribution is -2.29. The highest BCUT2D eigenvalue weighted by Gasteiger charge is 2.37. The van der Waals surface area contributed by atoms with Crippen molar-refractivity contribution in [2.45, 2.75) is 6.92 Å². The van der Waals surface area contributed by atoms with Crippen LogP contribution in [0, 0.1) is 17.7 Å². The minimum absolute atomic E-state index is 0.0945. The van der Waals surface area contributed by atoms with Gasteiger partial charge >= 0.3 is 5.97 Å². The fourth-order valence-electron chi connectivity index (χ4n) is 2.83. The molecule has 0 unspecified atom stereocenters. The second kappa shape index (κ2) is 5.87. The first-order valence-electron chi connectivity index (χ1n) is 7.33. The zero-order valence-corrected chi connectivity index (χ0v) is 12.5. The molecule has 1 N–H and O–H groups in total. The Kier molecular flexibility index (Phi) is 3.90. The normalized spacial score (nSPS) is 20.7. The van der Waals surface area contributed by atoms with E-state index in [0.717, 1.165) is 0 Å². The summed E-state index contributed by atoms with van der Waals surface area (Å²) >= 11 is 0. The molecule has 1 aliphatic heterocycles. The molecular weight excluding hydrogens is 301 g/mol. The third-order valence-electron chi connectivity index (χ3n) is 4.16. The van der Waals surface area contributed by atoms with Gasteiger partial charge in [-0.1, -0.05) is 6.92 Å². The third kappa shape index (κ3) is 2.97. The van der Waals surface area contributed by atoms with Gasteiger partial charge in [0.2, 0.25) is 0 Å². The van der Waals surface area contributed by atoms with Crippen LogP contribution in [0.4, 0.5) is 4.39 Å². The number of amides is 1. The van der Waals surface area contributed by atoms with Crippen molar-refractivity contribution in [1.82, 2.24) is 4.90 Å². The van der Waals surface area contributed by atoms with Crippen LogP contribution in [-0.2, 0) is 4.79 Å². The molecule has 0 saturated carbocycles. The molecular formula is C17H16FNO4. The Bertz CT molecular complexity index is 737. The average molecular weight is 317 g/mol. The lowest BCUT2D eigenvalue weighted by molar-refractivity contribution is -0.142. The van der Waals surface area contributed by atoms with E-state index in [9.17, 15) is 14.0 Å². The lowest BCUT2D eigenvalue weighted by atomic mass is 9.99. The van der Waals surface area contributed by atoms with Crippen molar-refractivity contribution in [1.29, 1.82) is 0 Å². The maximum absolute atomic E-state index is 12.9. The van der Waals surface area contributed by atoms with Crippen LogP contribution in [0.3, 0.4) is 0 Å². The van der Waals surface area contributed by atoms with Crippen molar-refractivity contribution in [3.05, 3.63) is 48.0 Å². The zero-order chi connectivity index (χ0) is 16.6. The van der Waals surface area contributed by atoms with Gasteiger partial charge in [0.25, 0.3) is 5.91 Å². The van der Waals surface area contributed by atoms with E-state index in [-0.39, 0.29) is 29.9 Å². The molecule has 1 aromatic heterocycles. The monoisotopic (exact) mass is 317 g/mol. The van der Waals surface area contributed by atoms with Gasteiger partial charge in [-0.05, 0) is 42.3 Å². The SMILES string of the molecule is C[C@@H]1CN(C(=O)c2ccc(-c3ccc(F)cc3)o2)C[C@H]1C(=O)O. The molecule has 1 aliphatic rings. The molecule has 120 valence electrons. The molecule has 2 heterocycles. The second-order valence-electron chi connectivity index (χ2n) is 5.80. The Morgan fingerprint density at radius 2 is 1.87 bits per heavy atom. The number of carbonyl (C=O) groups excluding carboxylic acids is 1. The molecule has 0 spiro atoms. The van der Waals surface area contributed by atoms with Gasteiger partial charge in [-0.2, -0.15) is 0 Å². The lowest BCUT2D eigenvalue weighted by Gasteiger charge is -2.13. The van der Waals surface area contributed by atoms with Crippen molar-refractivity contribution in [3.63, 3.8) is 0 Å². The number of carboxylic acid groups (broad SMARTS) is 1. The van der Waals surface area contributed by atoms with E-state index in [1.54, 1.807) is 24.3 Å². The largest absolute Gasteiger partial charge is 0.481 e. The Morgan fingerprint density at radius 3 is 2.48 bits per heavy atom. The molecule has 6 heteroatoms. The average Bonchev–Trinajstić information content (AvgIpc) is 3.14. The Morgan fingerprint density at radius 1 is 1.17 bits per heavy atom. The van der Waals surface area contributed by atoms with Gasteiger partial charge in [-0.25, -0.2) is 4.39 Å². The number of halogens is 1. The molecule has 1 fully saturated rings. The maximum atomic E-state index is 12.9. The van der Waals surface area contributed by atoms with Gasteiger partial charge in [0.15, 0.2) is 5.76 Å². The fourth-order valence-corrected chi connectivity index (χ4v) is 2.83. The molecule has 2 aromatic rings. The molecule has 0 bridgehead atoms. The molecule has 0 radical (unpaired) electrons. The van der Waals surface area contributed by atoms with Crippen LogP contribution in [0.2, 0.25) is 0 Å². The molecule has 23 heavy (non-hydrogen) atoms. The van der Waals surface area contributed by atoms with Crippen LogP contribution < -0.4 is 0 Å². The highest BCUT2D eigenvalue weighted by molar-refractivity contribution is 5.92. The summed E-state index contributed by atoms with van der Waals surface area (Å²) in [7, 11) is 0. The summed E-state index contributed by atoms with van der Waals surface area (Å²) in [6.07, 6.45) is 0. The number of nitrogens with zero attached hydrogens (tertiary/aromatic N) is 1. The number of aliphatic carboxylic acids is 1. The minimum Gasteiger partial charge on any atom is -0.481 e. The Hall–Kier alpha value is -2.63. The number of carbonyl (C=O) groups is 2. The standard InChI is InChI=1S/C17H16FNO4/c1-10-8-19(9-13(10)17(21)22)16(20)15-7-6-14(23-15)11-2-4-12(18)5-3-11/h2-7,10,13H,8-9H2,1H3,(H,21,22)/t10-,13-/m1/s1. The number of likely N-dealkylation sites (tertiary alicyclic amines) is 1. The van der Waals surface area contributed by atoms with Crippen LogP contribution in [0.1, 0.15) is 17.5 Å². The highest BCUT2D eigenvalue weighted by atomic mass is 19.1.